The van der Waals surface area contributed by atoms with Crippen molar-refractivity contribution in [3.05, 3.63) is 53.2 Å². The number of nitrogens with two attached hydrogens (primary N) is 1. The SMILES string of the molecule is CC1Oc2cc(cnc2N)-c2c(nn(C)c2C#N)C2CC(CN2C)Oc2ccc(F)cc21. The lowest BCUT2D eigenvalue weighted by Gasteiger charge is -2.22. The molecule has 5 rings (SSSR count). The Labute approximate surface area is 185 Å². The third-order valence-corrected chi connectivity index (χ3v) is 6.18. The van der Waals surface area contributed by atoms with Crippen LogP contribution in [-0.4, -0.2) is 39.4 Å². The summed E-state index contributed by atoms with van der Waals surface area (Å²) in [6, 6.07) is 8.41. The topological polar surface area (TPSA) is 102 Å². The fraction of sp³-hybridized carbons (Fsp3) is 0.348. The van der Waals surface area contributed by atoms with Crippen LogP contribution in [0.1, 0.15) is 42.4 Å². The maximum atomic E-state index is 14.1. The molecule has 0 radical (unpaired) electrons. The van der Waals surface area contributed by atoms with Crippen molar-refractivity contribution in [2.45, 2.75) is 31.6 Å². The number of likely N-dealkylation sites (N-methyl/N-ethyl adjacent to an activating group) is 1. The number of nitrogens with zero attached hydrogens (tertiary/aromatic N) is 5. The summed E-state index contributed by atoms with van der Waals surface area (Å²) in [4.78, 5) is 6.48. The molecule has 3 atom stereocenters. The molecule has 2 aliphatic heterocycles. The van der Waals surface area contributed by atoms with Crippen molar-refractivity contribution >= 4 is 5.82 Å². The van der Waals surface area contributed by atoms with E-state index >= 15 is 0 Å². The van der Waals surface area contributed by atoms with E-state index in [4.69, 9.17) is 20.3 Å². The van der Waals surface area contributed by atoms with Crippen molar-refractivity contribution in [3.63, 3.8) is 0 Å². The monoisotopic (exact) mass is 434 g/mol. The summed E-state index contributed by atoms with van der Waals surface area (Å²) < 4.78 is 28.1. The van der Waals surface area contributed by atoms with Gasteiger partial charge in [-0.1, -0.05) is 0 Å². The van der Waals surface area contributed by atoms with Gasteiger partial charge in [0.1, 0.15) is 35.5 Å². The molecular weight excluding hydrogens is 411 g/mol. The highest BCUT2D eigenvalue weighted by Gasteiger charge is 2.37. The van der Waals surface area contributed by atoms with Crippen LogP contribution >= 0.6 is 0 Å². The molecule has 0 saturated carbocycles. The highest BCUT2D eigenvalue weighted by molar-refractivity contribution is 5.74. The zero-order chi connectivity index (χ0) is 22.6. The third-order valence-electron chi connectivity index (χ3n) is 6.18. The zero-order valence-electron chi connectivity index (χ0n) is 18.0. The third kappa shape index (κ3) is 3.24. The van der Waals surface area contributed by atoms with Gasteiger partial charge >= 0.3 is 0 Å². The van der Waals surface area contributed by atoms with Gasteiger partial charge in [-0.05, 0) is 38.2 Å². The van der Waals surface area contributed by atoms with Crippen LogP contribution in [-0.2, 0) is 7.05 Å². The van der Waals surface area contributed by atoms with Crippen LogP contribution in [0.2, 0.25) is 0 Å². The Morgan fingerprint density at radius 1 is 1.22 bits per heavy atom. The molecule has 1 saturated heterocycles. The average Bonchev–Trinajstić information content (AvgIpc) is 3.28. The van der Waals surface area contributed by atoms with Crippen molar-refractivity contribution in [2.24, 2.45) is 7.05 Å². The second-order valence-corrected chi connectivity index (χ2v) is 8.32. The van der Waals surface area contributed by atoms with Gasteiger partial charge in [-0.3, -0.25) is 9.58 Å². The molecule has 9 heteroatoms. The van der Waals surface area contributed by atoms with Gasteiger partial charge in [0.25, 0.3) is 0 Å². The fourth-order valence-corrected chi connectivity index (χ4v) is 4.61. The number of nitrogen functional groups attached to an aromatic ring is 1. The Bertz CT molecular complexity index is 1250. The van der Waals surface area contributed by atoms with Crippen LogP contribution < -0.4 is 15.2 Å². The molecule has 3 aromatic rings. The lowest BCUT2D eigenvalue weighted by Crippen LogP contribution is -2.23. The maximum Gasteiger partial charge on any atom is 0.166 e. The number of anilines is 1. The Morgan fingerprint density at radius 2 is 2.03 bits per heavy atom. The summed E-state index contributed by atoms with van der Waals surface area (Å²) in [5.41, 5.74) is 9.31. The summed E-state index contributed by atoms with van der Waals surface area (Å²) >= 11 is 0. The maximum absolute atomic E-state index is 14.1. The molecule has 1 aromatic carbocycles. The number of pyridine rings is 1. The molecule has 4 heterocycles. The average molecular weight is 434 g/mol. The van der Waals surface area contributed by atoms with Gasteiger partial charge in [-0.25, -0.2) is 9.37 Å². The minimum absolute atomic E-state index is 0.0627. The Balaban J connectivity index is 1.74. The summed E-state index contributed by atoms with van der Waals surface area (Å²) in [5, 5.41) is 14.5. The van der Waals surface area contributed by atoms with Crippen molar-refractivity contribution in [1.82, 2.24) is 19.7 Å². The normalized spacial score (nSPS) is 22.3. The first-order valence-electron chi connectivity index (χ1n) is 10.4. The Hall–Kier alpha value is -3.64. The molecule has 2 aromatic heterocycles. The minimum atomic E-state index is -0.542. The van der Waals surface area contributed by atoms with Gasteiger partial charge in [0.2, 0.25) is 0 Å². The number of rotatable bonds is 0. The molecule has 0 spiro atoms. The highest BCUT2D eigenvalue weighted by Crippen LogP contribution is 2.42. The van der Waals surface area contributed by atoms with E-state index < -0.39 is 6.10 Å². The predicted octanol–water partition coefficient (Wildman–Crippen LogP) is 3.35. The molecule has 2 N–H and O–H groups in total. The lowest BCUT2D eigenvalue weighted by molar-refractivity contribution is 0.186. The summed E-state index contributed by atoms with van der Waals surface area (Å²) in [5.74, 6) is 0.751. The predicted molar refractivity (Wildman–Crippen MR) is 115 cm³/mol. The van der Waals surface area contributed by atoms with E-state index in [0.717, 1.165) is 5.69 Å². The van der Waals surface area contributed by atoms with Crippen molar-refractivity contribution in [1.29, 1.82) is 5.26 Å². The second-order valence-electron chi connectivity index (χ2n) is 8.32. The molecular formula is C23H23FN6O2. The van der Waals surface area contributed by atoms with Crippen LogP contribution in [0.4, 0.5) is 10.2 Å². The van der Waals surface area contributed by atoms with E-state index in [1.54, 1.807) is 30.1 Å². The van der Waals surface area contributed by atoms with E-state index in [0.29, 0.717) is 46.8 Å². The van der Waals surface area contributed by atoms with E-state index in [-0.39, 0.29) is 23.8 Å². The van der Waals surface area contributed by atoms with E-state index in [2.05, 4.69) is 16.0 Å². The molecule has 164 valence electrons. The van der Waals surface area contributed by atoms with Crippen LogP contribution in [0.15, 0.2) is 30.5 Å². The van der Waals surface area contributed by atoms with Crippen LogP contribution in [0, 0.1) is 17.1 Å². The molecule has 0 aliphatic carbocycles. The Morgan fingerprint density at radius 3 is 2.81 bits per heavy atom. The first kappa shape index (κ1) is 20.3. The van der Waals surface area contributed by atoms with Gasteiger partial charge in [-0.15, -0.1) is 0 Å². The van der Waals surface area contributed by atoms with Gasteiger partial charge in [0.15, 0.2) is 11.6 Å². The number of hydrogen-bond acceptors (Lipinski definition) is 7. The number of nitriles is 1. The lowest BCUT2D eigenvalue weighted by atomic mass is 9.99. The highest BCUT2D eigenvalue weighted by atomic mass is 19.1. The number of likely N-dealkylation sites (tertiary alicyclic amines) is 1. The van der Waals surface area contributed by atoms with E-state index in [9.17, 15) is 9.65 Å². The molecule has 0 amide bonds. The van der Waals surface area contributed by atoms with Gasteiger partial charge in [0, 0.05) is 42.9 Å². The molecule has 8 nitrogen and oxygen atoms in total. The minimum Gasteiger partial charge on any atom is -0.489 e. The summed E-state index contributed by atoms with van der Waals surface area (Å²) in [6.45, 7) is 2.48. The summed E-state index contributed by atoms with van der Waals surface area (Å²) in [7, 11) is 3.76. The quantitative estimate of drug-likeness (QED) is 0.579. The zero-order valence-corrected chi connectivity index (χ0v) is 18.0. The summed E-state index contributed by atoms with van der Waals surface area (Å²) in [6.07, 6.45) is 1.63. The van der Waals surface area contributed by atoms with Gasteiger partial charge in [-0.2, -0.15) is 10.4 Å². The molecule has 1 fully saturated rings. The number of benzene rings is 1. The second kappa shape index (κ2) is 7.50. The first-order valence-corrected chi connectivity index (χ1v) is 10.4. The smallest absolute Gasteiger partial charge is 0.166 e. The van der Waals surface area contributed by atoms with Crippen LogP contribution in [0.25, 0.3) is 11.1 Å². The van der Waals surface area contributed by atoms with Gasteiger partial charge < -0.3 is 15.2 Å². The fourth-order valence-electron chi connectivity index (χ4n) is 4.61. The molecule has 32 heavy (non-hydrogen) atoms. The van der Waals surface area contributed by atoms with E-state index in [1.165, 1.54) is 12.1 Å². The van der Waals surface area contributed by atoms with Crippen LogP contribution in [0.3, 0.4) is 0 Å². The van der Waals surface area contributed by atoms with Gasteiger partial charge in [0.05, 0.1) is 11.7 Å². The van der Waals surface area contributed by atoms with Crippen LogP contribution in [0.5, 0.6) is 11.5 Å². The number of ether oxygens (including phenoxy) is 2. The molecule has 2 aliphatic rings. The number of aryl methyl sites for hydroxylation is 1. The van der Waals surface area contributed by atoms with Crippen molar-refractivity contribution in [3.8, 4) is 28.7 Å². The number of halogens is 1. The molecule has 3 unspecified atom stereocenters. The van der Waals surface area contributed by atoms with Crippen molar-refractivity contribution in [2.75, 3.05) is 19.3 Å². The Kier molecular flexibility index (Phi) is 4.75. The standard InChI is InChI=1S/C23H23FN6O2/c1-12-16-7-14(24)4-5-19(16)32-15-8-17(29(2)11-15)22-21(18(9-25)30(3)28-22)13-6-20(31-12)23(26)27-10-13/h4-7,10,12,15,17H,8,11H2,1-3H3,(H2,26,27). The van der Waals surface area contributed by atoms with Crippen molar-refractivity contribution < 1.29 is 13.9 Å². The number of fused-ring (bicyclic) bond motifs is 8. The largest absolute Gasteiger partial charge is 0.489 e. The van der Waals surface area contributed by atoms with E-state index in [1.807, 2.05) is 14.0 Å². The number of aromatic nitrogens is 3. The first-order chi connectivity index (χ1) is 15.4. The molecule has 4 bridgehead atoms. The number of hydrogen-bond donors (Lipinski definition) is 1.